The smallest absolute Gasteiger partial charge is 0.251 e. The fourth-order valence-electron chi connectivity index (χ4n) is 3.88. The number of hydrogen-bond acceptors (Lipinski definition) is 5. The summed E-state index contributed by atoms with van der Waals surface area (Å²) in [6.45, 7) is 1.95. The highest BCUT2D eigenvalue weighted by atomic mass is 19.1. The Labute approximate surface area is 190 Å². The number of tetrazole rings is 1. The molecule has 1 aromatic heterocycles. The summed E-state index contributed by atoms with van der Waals surface area (Å²) >= 11 is 0. The molecule has 33 heavy (non-hydrogen) atoms. The summed E-state index contributed by atoms with van der Waals surface area (Å²) in [7, 11) is 0. The molecule has 0 saturated carbocycles. The van der Waals surface area contributed by atoms with E-state index < -0.39 is 5.82 Å². The summed E-state index contributed by atoms with van der Waals surface area (Å²) in [4.78, 5) is 14.7. The highest BCUT2D eigenvalue weighted by molar-refractivity contribution is 5.97. The third-order valence-corrected chi connectivity index (χ3v) is 5.52. The highest BCUT2D eigenvalue weighted by Gasteiger charge is 2.32. The SMILES string of the molecule is Cc1ccc(C2C=C(c3ccccc3)N(CC(=O)Nc3ccccc3F)c3nnnn32)cc1. The fraction of sp³-hybridized carbons (Fsp3) is 0.120. The summed E-state index contributed by atoms with van der Waals surface area (Å²) in [6.07, 6.45) is 2.04. The van der Waals surface area contributed by atoms with Crippen molar-refractivity contribution < 1.29 is 9.18 Å². The van der Waals surface area contributed by atoms with E-state index in [1.807, 2.05) is 67.6 Å². The van der Waals surface area contributed by atoms with Crippen LogP contribution in [0.1, 0.15) is 22.7 Å². The minimum absolute atomic E-state index is 0.0872. The highest BCUT2D eigenvalue weighted by Crippen LogP contribution is 2.36. The second-order valence-corrected chi connectivity index (χ2v) is 7.81. The molecule has 2 heterocycles. The molecule has 1 atom stereocenters. The van der Waals surface area contributed by atoms with E-state index in [9.17, 15) is 9.18 Å². The lowest BCUT2D eigenvalue weighted by Gasteiger charge is -2.32. The number of anilines is 2. The van der Waals surface area contributed by atoms with E-state index in [-0.39, 0.29) is 24.2 Å². The average Bonchev–Trinajstić information content (AvgIpc) is 3.32. The molecule has 1 aliphatic heterocycles. The van der Waals surface area contributed by atoms with Crippen LogP contribution < -0.4 is 10.2 Å². The molecule has 164 valence electrons. The molecule has 0 bridgehead atoms. The van der Waals surface area contributed by atoms with Crippen molar-refractivity contribution in [3.63, 3.8) is 0 Å². The molecular weight excluding hydrogens is 419 g/mol. The quantitative estimate of drug-likeness (QED) is 0.503. The lowest BCUT2D eigenvalue weighted by Crippen LogP contribution is -2.37. The van der Waals surface area contributed by atoms with Gasteiger partial charge in [0.2, 0.25) is 5.91 Å². The van der Waals surface area contributed by atoms with Gasteiger partial charge in [0.25, 0.3) is 5.95 Å². The van der Waals surface area contributed by atoms with E-state index >= 15 is 0 Å². The van der Waals surface area contributed by atoms with E-state index in [0.29, 0.717) is 5.95 Å². The molecule has 0 aliphatic carbocycles. The maximum absolute atomic E-state index is 14.1. The number of halogens is 1. The number of nitrogens with one attached hydrogen (secondary N) is 1. The summed E-state index contributed by atoms with van der Waals surface area (Å²) in [5.41, 5.74) is 4.03. The van der Waals surface area contributed by atoms with Gasteiger partial charge in [0.15, 0.2) is 0 Å². The number of fused-ring (bicyclic) bond motifs is 1. The number of nitrogens with zero attached hydrogens (tertiary/aromatic N) is 5. The molecule has 1 amide bonds. The van der Waals surface area contributed by atoms with Crippen LogP contribution in [0.25, 0.3) is 5.70 Å². The van der Waals surface area contributed by atoms with Gasteiger partial charge in [-0.05, 0) is 46.7 Å². The number of rotatable bonds is 5. The van der Waals surface area contributed by atoms with Gasteiger partial charge < -0.3 is 5.32 Å². The third kappa shape index (κ3) is 4.10. The largest absolute Gasteiger partial charge is 0.322 e. The Kier molecular flexibility index (Phi) is 5.40. The first-order valence-corrected chi connectivity index (χ1v) is 10.5. The first kappa shape index (κ1) is 20.6. The Morgan fingerprint density at radius 3 is 2.48 bits per heavy atom. The monoisotopic (exact) mass is 440 g/mol. The minimum atomic E-state index is -0.493. The molecular formula is C25H21FN6O. The van der Waals surface area contributed by atoms with E-state index in [1.165, 1.54) is 12.1 Å². The van der Waals surface area contributed by atoms with Crippen LogP contribution in [0.3, 0.4) is 0 Å². The predicted molar refractivity (Wildman–Crippen MR) is 124 cm³/mol. The summed E-state index contributed by atoms with van der Waals surface area (Å²) in [5, 5.41) is 14.9. The number of amides is 1. The molecule has 7 nitrogen and oxygen atoms in total. The van der Waals surface area contributed by atoms with Gasteiger partial charge in [0, 0.05) is 0 Å². The normalized spacial score (nSPS) is 15.0. The van der Waals surface area contributed by atoms with Crippen molar-refractivity contribution in [1.29, 1.82) is 0 Å². The molecule has 4 aromatic rings. The summed E-state index contributed by atoms with van der Waals surface area (Å²) < 4.78 is 15.7. The van der Waals surface area contributed by atoms with Crippen LogP contribution in [0.15, 0.2) is 84.9 Å². The molecule has 5 rings (SSSR count). The Balaban J connectivity index is 1.53. The second kappa shape index (κ2) is 8.66. The lowest BCUT2D eigenvalue weighted by atomic mass is 10.00. The van der Waals surface area contributed by atoms with Crippen molar-refractivity contribution in [2.24, 2.45) is 0 Å². The zero-order valence-corrected chi connectivity index (χ0v) is 17.9. The molecule has 8 heteroatoms. The van der Waals surface area contributed by atoms with E-state index in [0.717, 1.165) is 22.4 Å². The second-order valence-electron chi connectivity index (χ2n) is 7.81. The minimum Gasteiger partial charge on any atom is -0.322 e. The topological polar surface area (TPSA) is 75.9 Å². The molecule has 0 spiro atoms. The number of hydrogen-bond donors (Lipinski definition) is 1. The van der Waals surface area contributed by atoms with Crippen LogP contribution in [0.2, 0.25) is 0 Å². The molecule has 1 aliphatic rings. The molecule has 1 N–H and O–H groups in total. The number of aryl methyl sites for hydroxylation is 1. The van der Waals surface area contributed by atoms with Gasteiger partial charge >= 0.3 is 0 Å². The van der Waals surface area contributed by atoms with Crippen molar-refractivity contribution in [3.05, 3.63) is 107 Å². The van der Waals surface area contributed by atoms with Crippen molar-refractivity contribution in [3.8, 4) is 0 Å². The zero-order chi connectivity index (χ0) is 22.8. The van der Waals surface area contributed by atoms with Gasteiger partial charge in [-0.15, -0.1) is 0 Å². The third-order valence-electron chi connectivity index (χ3n) is 5.52. The maximum atomic E-state index is 14.1. The number of carbonyl (C=O) groups excluding carboxylic acids is 1. The van der Waals surface area contributed by atoms with Crippen LogP contribution in [0.4, 0.5) is 16.0 Å². The van der Waals surface area contributed by atoms with Gasteiger partial charge in [0.1, 0.15) is 18.4 Å². The van der Waals surface area contributed by atoms with E-state index in [1.54, 1.807) is 21.7 Å². The zero-order valence-electron chi connectivity index (χ0n) is 17.9. The number of benzene rings is 3. The Bertz CT molecular complexity index is 1320. The Hall–Kier alpha value is -4.33. The van der Waals surface area contributed by atoms with Crippen LogP contribution in [-0.2, 0) is 4.79 Å². The van der Waals surface area contributed by atoms with Gasteiger partial charge in [-0.2, -0.15) is 4.68 Å². The molecule has 0 fully saturated rings. The molecule has 1 unspecified atom stereocenters. The number of allylic oxidation sites excluding steroid dienone is 1. The van der Waals surface area contributed by atoms with Crippen molar-refractivity contribution in [2.75, 3.05) is 16.8 Å². The fourth-order valence-corrected chi connectivity index (χ4v) is 3.88. The first-order chi connectivity index (χ1) is 16.1. The van der Waals surface area contributed by atoms with Crippen LogP contribution >= 0.6 is 0 Å². The van der Waals surface area contributed by atoms with Gasteiger partial charge in [-0.1, -0.05) is 77.4 Å². The van der Waals surface area contributed by atoms with Crippen LogP contribution in [0.5, 0.6) is 0 Å². The predicted octanol–water partition coefficient (Wildman–Crippen LogP) is 4.21. The number of para-hydroxylation sites is 1. The van der Waals surface area contributed by atoms with Gasteiger partial charge in [-0.3, -0.25) is 9.69 Å². The first-order valence-electron chi connectivity index (χ1n) is 10.5. The maximum Gasteiger partial charge on any atom is 0.251 e. The van der Waals surface area contributed by atoms with E-state index in [2.05, 4.69) is 20.8 Å². The lowest BCUT2D eigenvalue weighted by molar-refractivity contribution is -0.114. The van der Waals surface area contributed by atoms with Crippen LogP contribution in [0, 0.1) is 12.7 Å². The Morgan fingerprint density at radius 1 is 1.00 bits per heavy atom. The Morgan fingerprint density at radius 2 is 1.73 bits per heavy atom. The van der Waals surface area contributed by atoms with Crippen molar-refractivity contribution in [2.45, 2.75) is 13.0 Å². The van der Waals surface area contributed by atoms with Gasteiger partial charge in [0.05, 0.1) is 11.4 Å². The average molecular weight is 440 g/mol. The number of aromatic nitrogens is 4. The molecule has 0 saturated heterocycles. The standard InChI is InChI=1S/C25H21FN6O/c1-17-11-13-19(14-12-17)23-15-22(18-7-3-2-4-8-18)31(25-28-29-30-32(23)25)16-24(33)27-21-10-6-5-9-20(21)26/h2-15,23H,16H2,1H3,(H,27,33). The number of carbonyl (C=O) groups is 1. The van der Waals surface area contributed by atoms with E-state index in [4.69, 9.17) is 0 Å². The summed E-state index contributed by atoms with van der Waals surface area (Å²) in [6, 6.07) is 23.8. The molecule has 3 aromatic carbocycles. The van der Waals surface area contributed by atoms with Gasteiger partial charge in [-0.25, -0.2) is 4.39 Å². The van der Waals surface area contributed by atoms with Crippen LogP contribution in [-0.4, -0.2) is 32.7 Å². The van der Waals surface area contributed by atoms with Crippen molar-refractivity contribution >= 4 is 23.2 Å². The molecule has 0 radical (unpaired) electrons. The van der Waals surface area contributed by atoms with Crippen molar-refractivity contribution in [1.82, 2.24) is 20.2 Å². The summed E-state index contributed by atoms with van der Waals surface area (Å²) in [5.74, 6) is -0.441.